The second kappa shape index (κ2) is 4.83. The van der Waals surface area contributed by atoms with Gasteiger partial charge in [0.2, 0.25) is 0 Å². The molecule has 1 aliphatic carbocycles. The lowest BCUT2D eigenvalue weighted by Gasteiger charge is -2.17. The monoisotopic (exact) mass is 288 g/mol. The Morgan fingerprint density at radius 1 is 1.53 bits per heavy atom. The van der Waals surface area contributed by atoms with E-state index < -0.39 is 0 Å². The summed E-state index contributed by atoms with van der Waals surface area (Å²) in [5, 5.41) is 4.24. The molecule has 0 bridgehead atoms. The molecule has 15 heavy (non-hydrogen) atoms. The Hall–Kier alpha value is -0.0900. The molecule has 1 aromatic carbocycles. The van der Waals surface area contributed by atoms with Crippen LogP contribution >= 0.6 is 27.5 Å². The highest BCUT2D eigenvalue weighted by Crippen LogP contribution is 2.28. The van der Waals surface area contributed by atoms with E-state index in [2.05, 4.69) is 27.3 Å². The summed E-state index contributed by atoms with van der Waals surface area (Å²) in [5.41, 5.74) is 6.92. The van der Waals surface area contributed by atoms with Crippen LogP contribution in [0.25, 0.3) is 0 Å². The van der Waals surface area contributed by atoms with Gasteiger partial charge in [0.05, 0.1) is 5.02 Å². The second-order valence-corrected chi connectivity index (χ2v) is 5.16. The van der Waals surface area contributed by atoms with Crippen LogP contribution in [-0.2, 0) is 0 Å². The average Bonchev–Trinajstić information content (AvgIpc) is 3.02. The van der Waals surface area contributed by atoms with Crippen molar-refractivity contribution in [3.63, 3.8) is 0 Å². The Morgan fingerprint density at radius 2 is 2.27 bits per heavy atom. The highest BCUT2D eigenvalue weighted by molar-refractivity contribution is 9.10. The van der Waals surface area contributed by atoms with Crippen molar-refractivity contribution < 1.29 is 0 Å². The minimum atomic E-state index is 0.225. The van der Waals surface area contributed by atoms with Gasteiger partial charge in [0, 0.05) is 23.1 Å². The zero-order chi connectivity index (χ0) is 10.8. The molecule has 0 radical (unpaired) electrons. The zero-order valence-corrected chi connectivity index (χ0v) is 10.7. The van der Waals surface area contributed by atoms with Crippen LogP contribution in [0.5, 0.6) is 0 Å². The van der Waals surface area contributed by atoms with Crippen LogP contribution in [0.4, 0.5) is 0 Å². The molecule has 3 N–H and O–H groups in total. The molecule has 1 fully saturated rings. The molecule has 2 rings (SSSR count). The summed E-state index contributed by atoms with van der Waals surface area (Å²) in [6.45, 7) is 0.606. The molecule has 4 heteroatoms. The lowest BCUT2D eigenvalue weighted by atomic mass is 10.1. The van der Waals surface area contributed by atoms with Crippen LogP contribution in [0.3, 0.4) is 0 Å². The third kappa shape index (κ3) is 2.94. The summed E-state index contributed by atoms with van der Waals surface area (Å²) in [7, 11) is 0. The molecule has 0 heterocycles. The summed E-state index contributed by atoms with van der Waals surface area (Å²) < 4.78 is 0.926. The standard InChI is InChI=1S/C11H14BrClN2/c12-9-4-1-7(5-10(9)13)11(6-14)15-8-2-3-8/h1,4-5,8,11,15H,2-3,6,14H2. The first kappa shape index (κ1) is 11.4. The molecular formula is C11H14BrClN2. The largest absolute Gasteiger partial charge is 0.329 e. The number of hydrogen-bond acceptors (Lipinski definition) is 2. The van der Waals surface area contributed by atoms with Gasteiger partial charge in [0.1, 0.15) is 0 Å². The molecule has 1 saturated carbocycles. The van der Waals surface area contributed by atoms with E-state index in [1.807, 2.05) is 12.1 Å². The molecule has 1 aromatic rings. The van der Waals surface area contributed by atoms with E-state index >= 15 is 0 Å². The Morgan fingerprint density at radius 3 is 2.80 bits per heavy atom. The predicted molar refractivity (Wildman–Crippen MR) is 67.1 cm³/mol. The van der Waals surface area contributed by atoms with Gasteiger partial charge < -0.3 is 11.1 Å². The first-order valence-electron chi connectivity index (χ1n) is 5.12. The number of nitrogens with two attached hydrogens (primary N) is 1. The second-order valence-electron chi connectivity index (χ2n) is 3.90. The Kier molecular flexibility index (Phi) is 3.67. The summed E-state index contributed by atoms with van der Waals surface area (Å²) in [4.78, 5) is 0. The van der Waals surface area contributed by atoms with Gasteiger partial charge in [-0.2, -0.15) is 0 Å². The van der Waals surface area contributed by atoms with Crippen LogP contribution in [0.2, 0.25) is 5.02 Å². The van der Waals surface area contributed by atoms with Gasteiger partial charge in [-0.25, -0.2) is 0 Å². The van der Waals surface area contributed by atoms with Crippen molar-refractivity contribution in [3.8, 4) is 0 Å². The third-order valence-corrected chi connectivity index (χ3v) is 3.83. The van der Waals surface area contributed by atoms with Crippen molar-refractivity contribution in [2.24, 2.45) is 5.73 Å². The smallest absolute Gasteiger partial charge is 0.0551 e. The van der Waals surface area contributed by atoms with Crippen LogP contribution in [0.1, 0.15) is 24.4 Å². The van der Waals surface area contributed by atoms with E-state index in [9.17, 15) is 0 Å². The molecule has 0 aliphatic heterocycles. The average molecular weight is 290 g/mol. The van der Waals surface area contributed by atoms with E-state index in [1.54, 1.807) is 0 Å². The number of halogens is 2. The fraction of sp³-hybridized carbons (Fsp3) is 0.455. The van der Waals surface area contributed by atoms with Crippen LogP contribution in [0, 0.1) is 0 Å². The third-order valence-electron chi connectivity index (χ3n) is 2.60. The molecule has 0 spiro atoms. The number of benzene rings is 1. The molecular weight excluding hydrogens is 275 g/mol. The fourth-order valence-electron chi connectivity index (χ4n) is 1.56. The fourth-order valence-corrected chi connectivity index (χ4v) is 2.00. The summed E-state index contributed by atoms with van der Waals surface area (Å²) >= 11 is 9.43. The van der Waals surface area contributed by atoms with E-state index in [1.165, 1.54) is 12.8 Å². The van der Waals surface area contributed by atoms with Crippen molar-refractivity contribution in [3.05, 3.63) is 33.3 Å². The van der Waals surface area contributed by atoms with Crippen molar-refractivity contribution in [1.29, 1.82) is 0 Å². The molecule has 82 valence electrons. The van der Waals surface area contributed by atoms with E-state index in [0.717, 1.165) is 15.1 Å². The Bertz CT molecular complexity index is 352. The molecule has 0 saturated heterocycles. The topological polar surface area (TPSA) is 38.0 Å². The van der Waals surface area contributed by atoms with Gasteiger partial charge >= 0.3 is 0 Å². The molecule has 0 amide bonds. The number of hydrogen-bond donors (Lipinski definition) is 2. The molecule has 1 aliphatic rings. The van der Waals surface area contributed by atoms with Gasteiger partial charge in [0.25, 0.3) is 0 Å². The molecule has 2 nitrogen and oxygen atoms in total. The molecule has 1 atom stereocenters. The summed E-state index contributed by atoms with van der Waals surface area (Å²) in [6.07, 6.45) is 2.53. The first-order valence-corrected chi connectivity index (χ1v) is 6.29. The maximum atomic E-state index is 6.05. The van der Waals surface area contributed by atoms with Gasteiger partial charge in [-0.1, -0.05) is 17.7 Å². The quantitative estimate of drug-likeness (QED) is 0.894. The number of nitrogens with one attached hydrogen (secondary N) is 1. The molecule has 1 unspecified atom stereocenters. The highest BCUT2D eigenvalue weighted by Gasteiger charge is 2.24. The normalized spacial score (nSPS) is 17.8. The first-order chi connectivity index (χ1) is 7.20. The lowest BCUT2D eigenvalue weighted by Crippen LogP contribution is -2.29. The van der Waals surface area contributed by atoms with Gasteiger partial charge in [-0.15, -0.1) is 0 Å². The Balaban J connectivity index is 2.13. The Labute approximate surface area is 103 Å². The minimum Gasteiger partial charge on any atom is -0.329 e. The highest BCUT2D eigenvalue weighted by atomic mass is 79.9. The van der Waals surface area contributed by atoms with Crippen LogP contribution in [-0.4, -0.2) is 12.6 Å². The molecule has 0 aromatic heterocycles. The maximum Gasteiger partial charge on any atom is 0.0551 e. The van der Waals surface area contributed by atoms with E-state index in [0.29, 0.717) is 12.6 Å². The predicted octanol–water partition coefficient (Wildman–Crippen LogP) is 2.85. The van der Waals surface area contributed by atoms with Crippen LogP contribution < -0.4 is 11.1 Å². The van der Waals surface area contributed by atoms with Gasteiger partial charge in [-0.05, 0) is 46.5 Å². The van der Waals surface area contributed by atoms with Crippen molar-refractivity contribution in [2.45, 2.75) is 24.9 Å². The van der Waals surface area contributed by atoms with Crippen LogP contribution in [0.15, 0.2) is 22.7 Å². The minimum absolute atomic E-state index is 0.225. The van der Waals surface area contributed by atoms with Gasteiger partial charge in [-0.3, -0.25) is 0 Å². The van der Waals surface area contributed by atoms with Gasteiger partial charge in [0.15, 0.2) is 0 Å². The number of rotatable bonds is 4. The summed E-state index contributed by atoms with van der Waals surface area (Å²) in [5.74, 6) is 0. The van der Waals surface area contributed by atoms with E-state index in [-0.39, 0.29) is 6.04 Å². The van der Waals surface area contributed by atoms with Crippen molar-refractivity contribution in [1.82, 2.24) is 5.32 Å². The van der Waals surface area contributed by atoms with E-state index in [4.69, 9.17) is 17.3 Å². The maximum absolute atomic E-state index is 6.05. The van der Waals surface area contributed by atoms with Crippen molar-refractivity contribution in [2.75, 3.05) is 6.54 Å². The van der Waals surface area contributed by atoms with Crippen molar-refractivity contribution >= 4 is 27.5 Å². The zero-order valence-electron chi connectivity index (χ0n) is 8.34. The lowest BCUT2D eigenvalue weighted by molar-refractivity contribution is 0.539. The SMILES string of the molecule is NCC(NC1CC1)c1ccc(Br)c(Cl)c1. The summed E-state index contributed by atoms with van der Waals surface area (Å²) in [6, 6.07) is 6.88.